The van der Waals surface area contributed by atoms with E-state index in [1.54, 1.807) is 0 Å². The van der Waals surface area contributed by atoms with Crippen LogP contribution in [-0.4, -0.2) is 54.6 Å². The van der Waals surface area contributed by atoms with E-state index in [2.05, 4.69) is 9.47 Å². The van der Waals surface area contributed by atoms with E-state index in [1.165, 1.54) is 0 Å². The van der Waals surface area contributed by atoms with Crippen LogP contribution in [0.25, 0.3) is 0 Å². The SMILES string of the molecule is O=C(OCCc1cccc(OC(=O)C(F)(F)C(F)(F)C(F)(F)F)c1)C(F)(F)C(F)(F)C(F)(F)F. The van der Waals surface area contributed by atoms with Gasteiger partial charge in [-0.2, -0.15) is 61.5 Å². The molecule has 0 amide bonds. The number of alkyl halides is 14. The maximum absolute atomic E-state index is 13.2. The van der Waals surface area contributed by atoms with Crippen molar-refractivity contribution in [3.63, 3.8) is 0 Å². The summed E-state index contributed by atoms with van der Waals surface area (Å²) in [6, 6.07) is 2.80. The molecule has 0 saturated carbocycles. The Balaban J connectivity index is 2.87. The average molecular weight is 530 g/mol. The van der Waals surface area contributed by atoms with Gasteiger partial charge < -0.3 is 9.47 Å². The monoisotopic (exact) mass is 530 g/mol. The lowest BCUT2D eigenvalue weighted by Gasteiger charge is -2.26. The molecule has 0 aliphatic carbocycles. The molecule has 0 N–H and O–H groups in total. The number of carbonyl (C=O) groups is 2. The van der Waals surface area contributed by atoms with Gasteiger partial charge in [-0.1, -0.05) is 12.1 Å². The van der Waals surface area contributed by atoms with Gasteiger partial charge in [0.05, 0.1) is 6.61 Å². The van der Waals surface area contributed by atoms with Gasteiger partial charge in [0.1, 0.15) is 5.75 Å². The standard InChI is InChI=1S/C16H8F14O4/c17-11(18,13(21,22)15(25,26)27)9(31)33-5-4-7-2-1-3-8(6-7)34-10(32)12(19,20)14(23,24)16(28,29)30/h1-3,6H,4-5H2. The number of hydrogen-bond acceptors (Lipinski definition) is 4. The second-order valence-electron chi connectivity index (χ2n) is 6.22. The number of carbonyl (C=O) groups excluding carboxylic acids is 2. The van der Waals surface area contributed by atoms with Gasteiger partial charge in [-0.15, -0.1) is 0 Å². The zero-order chi connectivity index (χ0) is 27.0. The molecular weight excluding hydrogens is 522 g/mol. The molecule has 0 atom stereocenters. The van der Waals surface area contributed by atoms with E-state index < -0.39 is 66.8 Å². The molecule has 0 heterocycles. The molecule has 0 unspecified atom stereocenters. The van der Waals surface area contributed by atoms with Gasteiger partial charge in [-0.05, 0) is 17.7 Å². The summed E-state index contributed by atoms with van der Waals surface area (Å²) >= 11 is 0. The second kappa shape index (κ2) is 9.09. The topological polar surface area (TPSA) is 52.6 Å². The molecule has 1 aromatic carbocycles. The van der Waals surface area contributed by atoms with E-state index in [1.807, 2.05) is 0 Å². The van der Waals surface area contributed by atoms with E-state index in [4.69, 9.17) is 0 Å². The summed E-state index contributed by atoms with van der Waals surface area (Å²) < 4.78 is 183. The normalized spacial score (nSPS) is 14.1. The molecule has 1 aromatic rings. The lowest BCUT2D eigenvalue weighted by molar-refractivity contribution is -0.348. The summed E-state index contributed by atoms with van der Waals surface area (Å²) in [4.78, 5) is 22.1. The Labute approximate surface area is 178 Å². The van der Waals surface area contributed by atoms with Crippen LogP contribution in [0.2, 0.25) is 0 Å². The number of esters is 2. The summed E-state index contributed by atoms with van der Waals surface area (Å²) in [5.41, 5.74) is -0.352. The molecule has 18 heteroatoms. The minimum atomic E-state index is -6.84. The summed E-state index contributed by atoms with van der Waals surface area (Å²) in [7, 11) is 0. The van der Waals surface area contributed by atoms with Gasteiger partial charge in [0, 0.05) is 6.42 Å². The van der Waals surface area contributed by atoms with E-state index in [0.717, 1.165) is 12.1 Å². The molecule has 194 valence electrons. The molecule has 0 aliphatic heterocycles. The Hall–Kier alpha value is -2.82. The first-order valence-corrected chi connectivity index (χ1v) is 8.13. The van der Waals surface area contributed by atoms with Gasteiger partial charge in [0.25, 0.3) is 0 Å². The highest BCUT2D eigenvalue weighted by atomic mass is 19.4. The highest BCUT2D eigenvalue weighted by Crippen LogP contribution is 2.48. The van der Waals surface area contributed by atoms with Crippen molar-refractivity contribution in [3.8, 4) is 5.75 Å². The quantitative estimate of drug-likeness (QED) is 0.259. The van der Waals surface area contributed by atoms with Crippen molar-refractivity contribution in [3.05, 3.63) is 29.8 Å². The fourth-order valence-corrected chi connectivity index (χ4v) is 1.90. The fraction of sp³-hybridized carbons (Fsp3) is 0.500. The van der Waals surface area contributed by atoms with Crippen molar-refractivity contribution in [2.24, 2.45) is 0 Å². The van der Waals surface area contributed by atoms with E-state index >= 15 is 0 Å². The average Bonchev–Trinajstić information content (AvgIpc) is 2.66. The molecule has 0 spiro atoms. The third kappa shape index (κ3) is 5.45. The number of rotatable bonds is 8. The second-order valence-corrected chi connectivity index (χ2v) is 6.22. The van der Waals surface area contributed by atoms with Crippen LogP contribution in [0, 0.1) is 0 Å². The molecule has 0 aromatic heterocycles. The first kappa shape index (κ1) is 29.2. The summed E-state index contributed by atoms with van der Waals surface area (Å²) in [5, 5.41) is 0. The van der Waals surface area contributed by atoms with E-state index in [-0.39, 0.29) is 5.56 Å². The molecule has 0 aliphatic rings. The zero-order valence-electron chi connectivity index (χ0n) is 15.6. The molecule has 4 nitrogen and oxygen atoms in total. The van der Waals surface area contributed by atoms with Crippen LogP contribution in [0.4, 0.5) is 61.5 Å². The molecule has 0 saturated heterocycles. The van der Waals surface area contributed by atoms with Gasteiger partial charge in [-0.3, -0.25) is 0 Å². The molecule has 34 heavy (non-hydrogen) atoms. The summed E-state index contributed by atoms with van der Waals surface area (Å²) in [5.74, 6) is -34.1. The molecule has 0 bridgehead atoms. The van der Waals surface area contributed by atoms with Gasteiger partial charge in [-0.25, -0.2) is 9.59 Å². The van der Waals surface area contributed by atoms with E-state index in [9.17, 15) is 71.1 Å². The highest BCUT2D eigenvalue weighted by molar-refractivity contribution is 5.81. The van der Waals surface area contributed by atoms with Gasteiger partial charge >= 0.3 is 48.0 Å². The Bertz CT molecular complexity index is 904. The predicted molar refractivity (Wildman–Crippen MR) is 78.6 cm³/mol. The lowest BCUT2D eigenvalue weighted by atomic mass is 10.1. The predicted octanol–water partition coefficient (Wildman–Crippen LogP) is 5.34. The third-order valence-electron chi connectivity index (χ3n) is 3.75. The first-order valence-electron chi connectivity index (χ1n) is 8.13. The van der Waals surface area contributed by atoms with Crippen molar-refractivity contribution >= 4 is 11.9 Å². The van der Waals surface area contributed by atoms with Crippen LogP contribution in [0.15, 0.2) is 24.3 Å². The number of hydrogen-bond donors (Lipinski definition) is 0. The Morgan fingerprint density at radius 1 is 0.676 bits per heavy atom. The molecule has 0 radical (unpaired) electrons. The first-order chi connectivity index (χ1) is 15.0. The Kier molecular flexibility index (Phi) is 7.81. The van der Waals surface area contributed by atoms with Crippen LogP contribution in [0.1, 0.15) is 5.56 Å². The molecular formula is C16H8F14O4. The smallest absolute Gasteiger partial charge is 0.460 e. The van der Waals surface area contributed by atoms with Crippen molar-refractivity contribution < 1.29 is 80.5 Å². The van der Waals surface area contributed by atoms with Gasteiger partial charge in [0.2, 0.25) is 0 Å². The Morgan fingerprint density at radius 3 is 1.56 bits per heavy atom. The van der Waals surface area contributed by atoms with E-state index in [0.29, 0.717) is 12.1 Å². The van der Waals surface area contributed by atoms with Crippen molar-refractivity contribution in [1.82, 2.24) is 0 Å². The minimum absolute atomic E-state index is 0.352. The maximum atomic E-state index is 13.2. The summed E-state index contributed by atoms with van der Waals surface area (Å²) in [6.45, 7) is -1.32. The van der Waals surface area contributed by atoms with Crippen molar-refractivity contribution in [2.45, 2.75) is 42.5 Å². The van der Waals surface area contributed by atoms with Crippen LogP contribution >= 0.6 is 0 Å². The lowest BCUT2D eigenvalue weighted by Crippen LogP contribution is -2.57. The van der Waals surface area contributed by atoms with Crippen LogP contribution in [-0.2, 0) is 20.7 Å². The number of benzene rings is 1. The van der Waals surface area contributed by atoms with Crippen LogP contribution in [0.3, 0.4) is 0 Å². The largest absolute Gasteiger partial charge is 0.461 e. The maximum Gasteiger partial charge on any atom is 0.460 e. The third-order valence-corrected chi connectivity index (χ3v) is 3.75. The number of ether oxygens (including phenoxy) is 2. The molecule has 1 rings (SSSR count). The van der Waals surface area contributed by atoms with Crippen LogP contribution < -0.4 is 4.74 Å². The van der Waals surface area contributed by atoms with Crippen molar-refractivity contribution in [2.75, 3.05) is 6.61 Å². The Morgan fingerprint density at radius 2 is 1.12 bits per heavy atom. The van der Waals surface area contributed by atoms with Crippen LogP contribution in [0.5, 0.6) is 5.75 Å². The number of halogens is 14. The fourth-order valence-electron chi connectivity index (χ4n) is 1.90. The zero-order valence-corrected chi connectivity index (χ0v) is 15.6. The molecule has 0 fully saturated rings. The van der Waals surface area contributed by atoms with Gasteiger partial charge in [0.15, 0.2) is 0 Å². The van der Waals surface area contributed by atoms with Crippen molar-refractivity contribution in [1.29, 1.82) is 0 Å². The highest BCUT2D eigenvalue weighted by Gasteiger charge is 2.78. The summed E-state index contributed by atoms with van der Waals surface area (Å²) in [6.07, 6.45) is -14.5. The minimum Gasteiger partial charge on any atom is -0.461 e.